The SMILES string of the molecule is Cc1ncc2c(n1)NCc1nncn1-2. The average molecular weight is 188 g/mol. The number of hydrogen-bond donors (Lipinski definition) is 1. The van der Waals surface area contributed by atoms with Crippen LogP contribution >= 0.6 is 0 Å². The fourth-order valence-corrected chi connectivity index (χ4v) is 1.51. The Hall–Kier alpha value is -1.98. The van der Waals surface area contributed by atoms with Crippen LogP contribution in [0.5, 0.6) is 0 Å². The minimum absolute atomic E-state index is 0.656. The lowest BCUT2D eigenvalue weighted by Crippen LogP contribution is -2.17. The van der Waals surface area contributed by atoms with E-state index >= 15 is 0 Å². The highest BCUT2D eigenvalue weighted by Crippen LogP contribution is 2.22. The van der Waals surface area contributed by atoms with Crippen LogP contribution in [0.3, 0.4) is 0 Å². The van der Waals surface area contributed by atoms with Crippen molar-refractivity contribution in [3.05, 3.63) is 24.2 Å². The maximum Gasteiger partial charge on any atom is 0.156 e. The van der Waals surface area contributed by atoms with E-state index in [-0.39, 0.29) is 0 Å². The molecule has 14 heavy (non-hydrogen) atoms. The van der Waals surface area contributed by atoms with Gasteiger partial charge in [0.05, 0.1) is 12.7 Å². The van der Waals surface area contributed by atoms with E-state index in [0.717, 1.165) is 23.2 Å². The van der Waals surface area contributed by atoms with Crippen molar-refractivity contribution >= 4 is 5.82 Å². The summed E-state index contributed by atoms with van der Waals surface area (Å²) in [7, 11) is 0. The van der Waals surface area contributed by atoms with Crippen molar-refractivity contribution in [1.82, 2.24) is 24.7 Å². The van der Waals surface area contributed by atoms with Gasteiger partial charge < -0.3 is 5.32 Å². The monoisotopic (exact) mass is 188 g/mol. The number of rotatable bonds is 0. The van der Waals surface area contributed by atoms with Gasteiger partial charge in [0.2, 0.25) is 0 Å². The predicted octanol–water partition coefficient (Wildman–Crippen LogP) is 0.291. The molecule has 0 bridgehead atoms. The van der Waals surface area contributed by atoms with Crippen molar-refractivity contribution in [2.24, 2.45) is 0 Å². The van der Waals surface area contributed by atoms with E-state index in [1.807, 2.05) is 11.5 Å². The minimum atomic E-state index is 0.656. The largest absolute Gasteiger partial charge is 0.361 e. The van der Waals surface area contributed by atoms with Crippen LogP contribution < -0.4 is 5.32 Å². The van der Waals surface area contributed by atoms with Crippen molar-refractivity contribution in [3.8, 4) is 5.69 Å². The van der Waals surface area contributed by atoms with E-state index in [0.29, 0.717) is 6.54 Å². The summed E-state index contributed by atoms with van der Waals surface area (Å²) in [6.07, 6.45) is 3.45. The second kappa shape index (κ2) is 2.50. The molecule has 0 saturated carbocycles. The quantitative estimate of drug-likeness (QED) is 0.643. The minimum Gasteiger partial charge on any atom is -0.361 e. The van der Waals surface area contributed by atoms with Gasteiger partial charge in [-0.2, -0.15) is 0 Å². The first-order valence-corrected chi connectivity index (χ1v) is 4.31. The Balaban J connectivity index is 2.26. The molecule has 0 atom stereocenters. The fourth-order valence-electron chi connectivity index (χ4n) is 1.51. The van der Waals surface area contributed by atoms with Crippen LogP contribution in [0.2, 0.25) is 0 Å². The first-order chi connectivity index (χ1) is 6.84. The van der Waals surface area contributed by atoms with Crippen LogP contribution in [0.4, 0.5) is 5.82 Å². The van der Waals surface area contributed by atoms with E-state index < -0.39 is 0 Å². The molecule has 70 valence electrons. The van der Waals surface area contributed by atoms with Gasteiger partial charge in [0, 0.05) is 0 Å². The summed E-state index contributed by atoms with van der Waals surface area (Å²) in [5.74, 6) is 2.47. The molecule has 0 saturated heterocycles. The number of hydrogen-bond acceptors (Lipinski definition) is 5. The zero-order valence-electron chi connectivity index (χ0n) is 7.60. The van der Waals surface area contributed by atoms with Crippen LogP contribution in [0.25, 0.3) is 5.69 Å². The summed E-state index contributed by atoms with van der Waals surface area (Å²) in [6.45, 7) is 2.52. The first kappa shape index (κ1) is 7.43. The Bertz CT molecular complexity index is 488. The number of nitrogens with zero attached hydrogens (tertiary/aromatic N) is 5. The van der Waals surface area contributed by atoms with Crippen LogP contribution in [-0.4, -0.2) is 24.7 Å². The summed E-state index contributed by atoms with van der Waals surface area (Å²) in [5.41, 5.74) is 0.904. The number of aryl methyl sites for hydroxylation is 1. The lowest BCUT2D eigenvalue weighted by molar-refractivity contribution is 0.834. The summed E-state index contributed by atoms with van der Waals surface area (Å²) in [5, 5.41) is 11.0. The molecule has 2 aromatic rings. The number of anilines is 1. The van der Waals surface area contributed by atoms with Gasteiger partial charge in [-0.3, -0.25) is 4.57 Å². The van der Waals surface area contributed by atoms with Crippen molar-refractivity contribution in [1.29, 1.82) is 0 Å². The third-order valence-corrected chi connectivity index (χ3v) is 2.18. The summed E-state index contributed by atoms with van der Waals surface area (Å²) >= 11 is 0. The molecule has 0 unspecified atom stereocenters. The lowest BCUT2D eigenvalue weighted by Gasteiger charge is -2.17. The highest BCUT2D eigenvalue weighted by atomic mass is 15.3. The van der Waals surface area contributed by atoms with Crippen molar-refractivity contribution < 1.29 is 0 Å². The molecule has 3 rings (SSSR count). The molecule has 0 fully saturated rings. The van der Waals surface area contributed by atoms with Crippen molar-refractivity contribution in [2.45, 2.75) is 13.5 Å². The molecule has 0 amide bonds. The van der Waals surface area contributed by atoms with Gasteiger partial charge in [-0.15, -0.1) is 10.2 Å². The van der Waals surface area contributed by atoms with Gasteiger partial charge in [-0.25, -0.2) is 9.97 Å². The number of aromatic nitrogens is 5. The van der Waals surface area contributed by atoms with E-state index in [9.17, 15) is 0 Å². The second-order valence-electron chi connectivity index (χ2n) is 3.12. The zero-order chi connectivity index (χ0) is 9.54. The van der Waals surface area contributed by atoms with Crippen LogP contribution in [0, 0.1) is 6.92 Å². The van der Waals surface area contributed by atoms with E-state index in [4.69, 9.17) is 0 Å². The molecule has 0 aromatic carbocycles. The highest BCUT2D eigenvalue weighted by Gasteiger charge is 2.17. The van der Waals surface area contributed by atoms with E-state index in [1.165, 1.54) is 0 Å². The summed E-state index contributed by atoms with van der Waals surface area (Å²) in [6, 6.07) is 0. The summed E-state index contributed by atoms with van der Waals surface area (Å²) < 4.78 is 1.89. The maximum absolute atomic E-state index is 4.29. The maximum atomic E-state index is 4.29. The van der Waals surface area contributed by atoms with Gasteiger partial charge in [0.25, 0.3) is 0 Å². The topological polar surface area (TPSA) is 68.5 Å². The molecule has 2 aromatic heterocycles. The molecule has 6 heteroatoms. The molecule has 0 radical (unpaired) electrons. The Morgan fingerprint density at radius 1 is 1.50 bits per heavy atom. The lowest BCUT2D eigenvalue weighted by atomic mass is 10.3. The van der Waals surface area contributed by atoms with Gasteiger partial charge in [-0.1, -0.05) is 0 Å². The Labute approximate surface area is 80.0 Å². The van der Waals surface area contributed by atoms with Crippen LogP contribution in [-0.2, 0) is 6.54 Å². The van der Waals surface area contributed by atoms with Crippen molar-refractivity contribution in [3.63, 3.8) is 0 Å². The molecular weight excluding hydrogens is 180 g/mol. The van der Waals surface area contributed by atoms with Gasteiger partial charge >= 0.3 is 0 Å². The van der Waals surface area contributed by atoms with E-state index in [2.05, 4.69) is 25.5 Å². The molecule has 1 N–H and O–H groups in total. The predicted molar refractivity (Wildman–Crippen MR) is 49.0 cm³/mol. The standard InChI is InChI=1S/C8H8N6/c1-5-9-2-6-8(12-5)10-3-7-13-11-4-14(6)7/h2,4H,3H2,1H3,(H,9,10,12). The van der Waals surface area contributed by atoms with E-state index in [1.54, 1.807) is 12.5 Å². The van der Waals surface area contributed by atoms with Gasteiger partial charge in [0.15, 0.2) is 11.6 Å². The molecule has 1 aliphatic heterocycles. The Morgan fingerprint density at radius 2 is 2.43 bits per heavy atom. The molecule has 6 nitrogen and oxygen atoms in total. The van der Waals surface area contributed by atoms with Crippen molar-refractivity contribution in [2.75, 3.05) is 5.32 Å². The number of fused-ring (bicyclic) bond motifs is 3. The third kappa shape index (κ3) is 0.905. The normalized spacial score (nSPS) is 12.9. The number of nitrogens with one attached hydrogen (secondary N) is 1. The Kier molecular flexibility index (Phi) is 1.33. The highest BCUT2D eigenvalue weighted by molar-refractivity contribution is 5.57. The van der Waals surface area contributed by atoms with Crippen LogP contribution in [0.1, 0.15) is 11.6 Å². The smallest absolute Gasteiger partial charge is 0.156 e. The first-order valence-electron chi connectivity index (χ1n) is 4.31. The van der Waals surface area contributed by atoms with Gasteiger partial charge in [0.1, 0.15) is 17.8 Å². The second-order valence-corrected chi connectivity index (χ2v) is 3.12. The van der Waals surface area contributed by atoms with Crippen LogP contribution in [0.15, 0.2) is 12.5 Å². The molecule has 0 spiro atoms. The summed E-state index contributed by atoms with van der Waals surface area (Å²) in [4.78, 5) is 8.44. The fraction of sp³-hybridized carbons (Fsp3) is 0.250. The molecule has 1 aliphatic rings. The average Bonchev–Trinajstić information content (AvgIpc) is 2.65. The molecule has 0 aliphatic carbocycles. The van der Waals surface area contributed by atoms with Gasteiger partial charge in [-0.05, 0) is 6.92 Å². The zero-order valence-corrected chi connectivity index (χ0v) is 7.60. The third-order valence-electron chi connectivity index (χ3n) is 2.18. The Morgan fingerprint density at radius 3 is 3.36 bits per heavy atom. The molecular formula is C8H8N6. The molecule has 3 heterocycles.